The number of rotatable bonds is 2. The van der Waals surface area contributed by atoms with E-state index < -0.39 is 12.4 Å². The minimum atomic E-state index is -2.67. The van der Waals surface area contributed by atoms with Crippen LogP contribution in [-0.2, 0) is 0 Å². The van der Waals surface area contributed by atoms with Gasteiger partial charge in [-0.2, -0.15) is 0 Å². The van der Waals surface area contributed by atoms with Crippen molar-refractivity contribution in [3.63, 3.8) is 0 Å². The molecule has 0 spiro atoms. The Labute approximate surface area is 89.3 Å². The van der Waals surface area contributed by atoms with Crippen molar-refractivity contribution in [2.24, 2.45) is 0 Å². The SMILES string of the molecule is O=C(O)c1ccc2cncc(C(F)F)c2c1. The Balaban J connectivity index is 2.73. The van der Waals surface area contributed by atoms with E-state index in [4.69, 9.17) is 5.11 Å². The first kappa shape index (κ1) is 10.5. The van der Waals surface area contributed by atoms with Gasteiger partial charge in [0.15, 0.2) is 0 Å². The summed E-state index contributed by atoms with van der Waals surface area (Å²) in [6.07, 6.45) is -0.189. The van der Waals surface area contributed by atoms with Gasteiger partial charge < -0.3 is 5.11 Å². The van der Waals surface area contributed by atoms with Gasteiger partial charge in [0.25, 0.3) is 6.43 Å². The second-order valence-corrected chi connectivity index (χ2v) is 3.27. The summed E-state index contributed by atoms with van der Waals surface area (Å²) in [4.78, 5) is 14.4. The number of pyridine rings is 1. The predicted molar refractivity (Wildman–Crippen MR) is 53.7 cm³/mol. The lowest BCUT2D eigenvalue weighted by molar-refractivity contribution is 0.0697. The number of fused-ring (bicyclic) bond motifs is 1. The van der Waals surface area contributed by atoms with Crippen LogP contribution in [-0.4, -0.2) is 16.1 Å². The number of alkyl halides is 2. The molecule has 1 aromatic heterocycles. The van der Waals surface area contributed by atoms with Gasteiger partial charge in [0, 0.05) is 23.3 Å². The zero-order valence-electron chi connectivity index (χ0n) is 8.02. The van der Waals surface area contributed by atoms with Crippen LogP contribution in [0.3, 0.4) is 0 Å². The van der Waals surface area contributed by atoms with E-state index >= 15 is 0 Å². The molecule has 2 rings (SSSR count). The van der Waals surface area contributed by atoms with Crippen LogP contribution in [0.1, 0.15) is 22.3 Å². The topological polar surface area (TPSA) is 50.2 Å². The molecular formula is C11H7F2NO2. The second-order valence-electron chi connectivity index (χ2n) is 3.27. The van der Waals surface area contributed by atoms with Crippen molar-refractivity contribution >= 4 is 16.7 Å². The normalized spacial score (nSPS) is 10.9. The summed E-state index contributed by atoms with van der Waals surface area (Å²) in [5.74, 6) is -1.14. The van der Waals surface area contributed by atoms with E-state index in [1.54, 1.807) is 0 Å². The summed E-state index contributed by atoms with van der Waals surface area (Å²) in [5, 5.41) is 9.50. The highest BCUT2D eigenvalue weighted by molar-refractivity contribution is 5.95. The zero-order chi connectivity index (χ0) is 11.7. The molecule has 5 heteroatoms. The quantitative estimate of drug-likeness (QED) is 0.851. The van der Waals surface area contributed by atoms with Crippen LogP contribution in [0.4, 0.5) is 8.78 Å². The summed E-state index contributed by atoms with van der Waals surface area (Å²) in [6.45, 7) is 0. The summed E-state index contributed by atoms with van der Waals surface area (Å²) >= 11 is 0. The van der Waals surface area contributed by atoms with E-state index in [2.05, 4.69) is 4.98 Å². The van der Waals surface area contributed by atoms with Crippen molar-refractivity contribution < 1.29 is 18.7 Å². The highest BCUT2D eigenvalue weighted by Crippen LogP contribution is 2.27. The third-order valence-corrected chi connectivity index (χ3v) is 2.27. The zero-order valence-corrected chi connectivity index (χ0v) is 8.02. The molecule has 0 fully saturated rings. The van der Waals surface area contributed by atoms with Crippen LogP contribution in [0.25, 0.3) is 10.8 Å². The van der Waals surface area contributed by atoms with Crippen molar-refractivity contribution in [1.29, 1.82) is 0 Å². The molecule has 1 aromatic carbocycles. The number of aromatic carboxylic acids is 1. The fraction of sp³-hybridized carbons (Fsp3) is 0.0909. The third-order valence-electron chi connectivity index (χ3n) is 2.27. The van der Waals surface area contributed by atoms with E-state index in [1.807, 2.05) is 0 Å². The van der Waals surface area contributed by atoms with Gasteiger partial charge in [0.1, 0.15) is 0 Å². The molecule has 1 heterocycles. The Kier molecular flexibility index (Phi) is 2.52. The van der Waals surface area contributed by atoms with Crippen LogP contribution in [0.15, 0.2) is 30.6 Å². The van der Waals surface area contributed by atoms with Crippen molar-refractivity contribution in [3.8, 4) is 0 Å². The summed E-state index contributed by atoms with van der Waals surface area (Å²) in [7, 11) is 0. The highest BCUT2D eigenvalue weighted by atomic mass is 19.3. The molecule has 0 aliphatic carbocycles. The fourth-order valence-corrected chi connectivity index (χ4v) is 1.49. The summed E-state index contributed by atoms with van der Waals surface area (Å²) < 4.78 is 25.3. The number of nitrogens with zero attached hydrogens (tertiary/aromatic N) is 1. The number of hydrogen-bond donors (Lipinski definition) is 1. The number of carboxylic acids is 1. The Bertz CT molecular complexity index is 555. The average molecular weight is 223 g/mol. The van der Waals surface area contributed by atoms with Gasteiger partial charge in [-0.3, -0.25) is 4.98 Å². The fourth-order valence-electron chi connectivity index (χ4n) is 1.49. The van der Waals surface area contributed by atoms with Gasteiger partial charge in [-0.15, -0.1) is 0 Å². The molecule has 16 heavy (non-hydrogen) atoms. The minimum Gasteiger partial charge on any atom is -0.478 e. The minimum absolute atomic E-state index is 0.0133. The molecule has 0 aliphatic rings. The van der Waals surface area contributed by atoms with Gasteiger partial charge in [0.05, 0.1) is 5.56 Å². The lowest BCUT2D eigenvalue weighted by Crippen LogP contribution is -1.97. The third kappa shape index (κ3) is 1.71. The van der Waals surface area contributed by atoms with Crippen LogP contribution in [0.5, 0.6) is 0 Å². The Hall–Kier alpha value is -2.04. The molecule has 82 valence electrons. The first-order valence-electron chi connectivity index (χ1n) is 4.48. The maximum Gasteiger partial charge on any atom is 0.335 e. The molecule has 0 saturated heterocycles. The van der Waals surface area contributed by atoms with Crippen LogP contribution in [0, 0.1) is 0 Å². The molecule has 0 atom stereocenters. The van der Waals surface area contributed by atoms with E-state index in [1.165, 1.54) is 24.4 Å². The van der Waals surface area contributed by atoms with Crippen molar-refractivity contribution in [3.05, 3.63) is 41.7 Å². The Morgan fingerprint density at radius 3 is 2.69 bits per heavy atom. The lowest BCUT2D eigenvalue weighted by Gasteiger charge is -2.05. The van der Waals surface area contributed by atoms with Crippen molar-refractivity contribution in [1.82, 2.24) is 4.98 Å². The standard InChI is InChI=1S/C11H7F2NO2/c12-10(13)9-5-14-4-7-2-1-6(11(15)16)3-8(7)9/h1-5,10H,(H,15,16). The maximum absolute atomic E-state index is 12.6. The van der Waals surface area contributed by atoms with Gasteiger partial charge in [0.2, 0.25) is 0 Å². The van der Waals surface area contributed by atoms with E-state index in [9.17, 15) is 13.6 Å². The molecular weight excluding hydrogens is 216 g/mol. The summed E-state index contributed by atoms with van der Waals surface area (Å²) in [6, 6.07) is 4.07. The molecule has 0 unspecified atom stereocenters. The van der Waals surface area contributed by atoms with Gasteiger partial charge in [-0.05, 0) is 17.5 Å². The van der Waals surface area contributed by atoms with Crippen LogP contribution >= 0.6 is 0 Å². The number of halogens is 2. The van der Waals surface area contributed by atoms with Crippen molar-refractivity contribution in [2.75, 3.05) is 0 Å². The number of benzene rings is 1. The predicted octanol–water partition coefficient (Wildman–Crippen LogP) is 2.87. The first-order chi connectivity index (χ1) is 7.59. The van der Waals surface area contributed by atoms with Gasteiger partial charge in [-0.1, -0.05) is 6.07 Å². The molecule has 0 radical (unpaired) electrons. The maximum atomic E-state index is 12.6. The smallest absolute Gasteiger partial charge is 0.335 e. The number of carbonyl (C=O) groups is 1. The van der Waals surface area contributed by atoms with E-state index in [0.29, 0.717) is 5.39 Å². The number of aromatic nitrogens is 1. The molecule has 0 aliphatic heterocycles. The molecule has 1 N–H and O–H groups in total. The Morgan fingerprint density at radius 1 is 1.31 bits per heavy atom. The van der Waals surface area contributed by atoms with Crippen LogP contribution in [0.2, 0.25) is 0 Å². The molecule has 0 saturated carbocycles. The largest absolute Gasteiger partial charge is 0.478 e. The van der Waals surface area contributed by atoms with Gasteiger partial charge >= 0.3 is 5.97 Å². The molecule has 0 bridgehead atoms. The number of carboxylic acid groups (broad SMARTS) is 1. The molecule has 0 amide bonds. The number of hydrogen-bond acceptors (Lipinski definition) is 2. The van der Waals surface area contributed by atoms with E-state index in [0.717, 1.165) is 6.20 Å². The van der Waals surface area contributed by atoms with Gasteiger partial charge in [-0.25, -0.2) is 13.6 Å². The first-order valence-corrected chi connectivity index (χ1v) is 4.48. The summed E-state index contributed by atoms with van der Waals surface area (Å²) in [5.41, 5.74) is -0.263. The Morgan fingerprint density at radius 2 is 2.06 bits per heavy atom. The highest BCUT2D eigenvalue weighted by Gasteiger charge is 2.13. The average Bonchev–Trinajstić information content (AvgIpc) is 2.27. The lowest BCUT2D eigenvalue weighted by atomic mass is 10.1. The molecule has 2 aromatic rings. The van der Waals surface area contributed by atoms with E-state index in [-0.39, 0.29) is 16.5 Å². The molecule has 3 nitrogen and oxygen atoms in total. The monoisotopic (exact) mass is 223 g/mol. The second kappa shape index (κ2) is 3.84. The van der Waals surface area contributed by atoms with Crippen LogP contribution < -0.4 is 0 Å². The van der Waals surface area contributed by atoms with Crippen molar-refractivity contribution in [2.45, 2.75) is 6.43 Å².